The Hall–Kier alpha value is -0.670. The summed E-state index contributed by atoms with van der Waals surface area (Å²) in [5.74, 6) is 0.488. The molecule has 0 spiro atoms. The highest BCUT2D eigenvalue weighted by molar-refractivity contribution is 9.10. The van der Waals surface area contributed by atoms with Crippen molar-refractivity contribution >= 4 is 21.7 Å². The van der Waals surface area contributed by atoms with Gasteiger partial charge in [-0.25, -0.2) is 0 Å². The fourth-order valence-electron chi connectivity index (χ4n) is 1.69. The first kappa shape index (κ1) is 10.8. The van der Waals surface area contributed by atoms with E-state index in [1.807, 2.05) is 24.3 Å². The Balaban J connectivity index is 1.98. The monoisotopic (exact) mass is 267 g/mol. The largest absolute Gasteiger partial charge is 0.321 e. The summed E-state index contributed by atoms with van der Waals surface area (Å²) in [4.78, 5) is 11.7. The maximum atomic E-state index is 11.7. The Morgan fingerprint density at radius 1 is 1.53 bits per heavy atom. The molecule has 3 heteroatoms. The van der Waals surface area contributed by atoms with Gasteiger partial charge >= 0.3 is 0 Å². The van der Waals surface area contributed by atoms with E-state index in [2.05, 4.69) is 15.9 Å². The van der Waals surface area contributed by atoms with Gasteiger partial charge < -0.3 is 5.73 Å². The highest BCUT2D eigenvalue weighted by Crippen LogP contribution is 2.31. The molecule has 1 aliphatic carbocycles. The first-order valence-corrected chi connectivity index (χ1v) is 6.00. The molecule has 0 aromatic heterocycles. The topological polar surface area (TPSA) is 43.1 Å². The molecule has 0 amide bonds. The summed E-state index contributed by atoms with van der Waals surface area (Å²) in [7, 11) is 0. The molecule has 1 atom stereocenters. The van der Waals surface area contributed by atoms with Gasteiger partial charge in [-0.05, 0) is 37.0 Å². The molecule has 0 saturated heterocycles. The lowest BCUT2D eigenvalue weighted by atomic mass is 10.0. The summed E-state index contributed by atoms with van der Waals surface area (Å²) in [5.41, 5.74) is 6.99. The van der Waals surface area contributed by atoms with E-state index in [0.29, 0.717) is 6.42 Å². The second kappa shape index (κ2) is 4.45. The van der Waals surface area contributed by atoms with Crippen LogP contribution in [-0.4, -0.2) is 11.8 Å². The quantitative estimate of drug-likeness (QED) is 0.910. The summed E-state index contributed by atoms with van der Waals surface area (Å²) in [5, 5.41) is 0. The van der Waals surface area contributed by atoms with Crippen LogP contribution in [0.25, 0.3) is 0 Å². The first-order valence-electron chi connectivity index (χ1n) is 5.20. The van der Waals surface area contributed by atoms with Gasteiger partial charge in [-0.1, -0.05) is 28.1 Å². The van der Waals surface area contributed by atoms with Crippen molar-refractivity contribution in [3.63, 3.8) is 0 Å². The van der Waals surface area contributed by atoms with Gasteiger partial charge in [-0.3, -0.25) is 4.79 Å². The molecular weight excluding hydrogens is 254 g/mol. The summed E-state index contributed by atoms with van der Waals surface area (Å²) in [6, 6.07) is 7.63. The average molecular weight is 268 g/mol. The van der Waals surface area contributed by atoms with Crippen molar-refractivity contribution < 1.29 is 4.79 Å². The lowest BCUT2D eigenvalue weighted by Crippen LogP contribution is -2.33. The van der Waals surface area contributed by atoms with Crippen molar-refractivity contribution in [3.05, 3.63) is 34.3 Å². The summed E-state index contributed by atoms with van der Waals surface area (Å²) < 4.78 is 1.03. The molecule has 1 unspecified atom stereocenters. The third-order valence-electron chi connectivity index (χ3n) is 2.69. The molecule has 1 fully saturated rings. The van der Waals surface area contributed by atoms with Crippen LogP contribution in [-0.2, 0) is 11.2 Å². The van der Waals surface area contributed by atoms with E-state index in [0.717, 1.165) is 22.9 Å². The van der Waals surface area contributed by atoms with E-state index in [-0.39, 0.29) is 17.7 Å². The van der Waals surface area contributed by atoms with Crippen LogP contribution in [0, 0.1) is 5.92 Å². The number of hydrogen-bond donors (Lipinski definition) is 1. The second-order valence-corrected chi connectivity index (χ2v) is 5.03. The molecule has 1 aromatic rings. The molecule has 2 N–H and O–H groups in total. The van der Waals surface area contributed by atoms with Crippen LogP contribution in [0.4, 0.5) is 0 Å². The summed E-state index contributed by atoms with van der Waals surface area (Å²) in [6.45, 7) is 0. The zero-order chi connectivity index (χ0) is 10.8. The van der Waals surface area contributed by atoms with E-state index in [4.69, 9.17) is 5.73 Å². The number of nitrogens with two attached hydrogens (primary N) is 1. The molecule has 1 aromatic carbocycles. The normalized spacial score (nSPS) is 17.5. The lowest BCUT2D eigenvalue weighted by Gasteiger charge is -2.09. The van der Waals surface area contributed by atoms with Crippen LogP contribution >= 0.6 is 15.9 Å². The number of hydrogen-bond acceptors (Lipinski definition) is 2. The van der Waals surface area contributed by atoms with Crippen LogP contribution in [0.2, 0.25) is 0 Å². The lowest BCUT2D eigenvalue weighted by molar-refractivity contribution is -0.121. The number of halogens is 1. The van der Waals surface area contributed by atoms with E-state index < -0.39 is 0 Å². The molecule has 2 nitrogen and oxygen atoms in total. The van der Waals surface area contributed by atoms with Crippen molar-refractivity contribution in [3.8, 4) is 0 Å². The molecule has 80 valence electrons. The number of Topliss-reactive ketones (excluding diaryl/α,β-unsaturated/α-hetero) is 1. The van der Waals surface area contributed by atoms with Crippen LogP contribution in [0.15, 0.2) is 28.7 Å². The molecule has 1 saturated carbocycles. The molecule has 15 heavy (non-hydrogen) atoms. The number of carbonyl (C=O) groups is 1. The predicted octanol–water partition coefficient (Wildman–Crippen LogP) is 2.30. The van der Waals surface area contributed by atoms with E-state index in [1.165, 1.54) is 0 Å². The van der Waals surface area contributed by atoms with Crippen LogP contribution < -0.4 is 5.73 Å². The molecule has 0 bridgehead atoms. The number of rotatable bonds is 4. The number of carbonyl (C=O) groups excluding carboxylic acids is 1. The molecule has 2 rings (SSSR count). The van der Waals surface area contributed by atoms with Gasteiger partial charge in [-0.15, -0.1) is 0 Å². The maximum absolute atomic E-state index is 11.7. The van der Waals surface area contributed by atoms with Gasteiger partial charge in [0.15, 0.2) is 5.78 Å². The van der Waals surface area contributed by atoms with Gasteiger partial charge in [0.1, 0.15) is 0 Å². The third kappa shape index (κ3) is 2.89. The molecule has 0 aliphatic heterocycles. The first-order chi connectivity index (χ1) is 7.16. The Bertz CT molecular complexity index is 374. The predicted molar refractivity (Wildman–Crippen MR) is 63.6 cm³/mol. The smallest absolute Gasteiger partial charge is 0.152 e. The number of benzene rings is 1. The van der Waals surface area contributed by atoms with Gasteiger partial charge in [0.05, 0.1) is 6.04 Å². The Morgan fingerprint density at radius 2 is 2.27 bits per heavy atom. The zero-order valence-electron chi connectivity index (χ0n) is 8.45. The minimum atomic E-state index is -0.327. The fraction of sp³-hybridized carbons (Fsp3) is 0.417. The standard InChI is InChI=1S/C12H14BrNO/c13-10-3-1-2-8(6-10)7-11(14)12(15)9-4-5-9/h1-3,6,9,11H,4-5,7,14H2. The van der Waals surface area contributed by atoms with E-state index in [1.54, 1.807) is 0 Å². The Labute approximate surface area is 98.0 Å². The highest BCUT2D eigenvalue weighted by Gasteiger charge is 2.32. The van der Waals surface area contributed by atoms with Gasteiger partial charge in [-0.2, -0.15) is 0 Å². The Kier molecular flexibility index (Phi) is 3.22. The van der Waals surface area contributed by atoms with Crippen LogP contribution in [0.5, 0.6) is 0 Å². The average Bonchev–Trinajstić information content (AvgIpc) is 2.99. The van der Waals surface area contributed by atoms with E-state index >= 15 is 0 Å². The minimum Gasteiger partial charge on any atom is -0.321 e. The van der Waals surface area contributed by atoms with Crippen molar-refractivity contribution in [1.82, 2.24) is 0 Å². The molecule has 0 radical (unpaired) electrons. The van der Waals surface area contributed by atoms with Gasteiger partial charge in [0.25, 0.3) is 0 Å². The highest BCUT2D eigenvalue weighted by atomic mass is 79.9. The minimum absolute atomic E-state index is 0.231. The third-order valence-corrected chi connectivity index (χ3v) is 3.18. The molecule has 0 heterocycles. The maximum Gasteiger partial charge on any atom is 0.152 e. The van der Waals surface area contributed by atoms with Crippen molar-refractivity contribution in [2.24, 2.45) is 11.7 Å². The Morgan fingerprint density at radius 3 is 2.87 bits per heavy atom. The van der Waals surface area contributed by atoms with Gasteiger partial charge in [0.2, 0.25) is 0 Å². The zero-order valence-corrected chi connectivity index (χ0v) is 10.0. The fourth-order valence-corrected chi connectivity index (χ4v) is 2.14. The summed E-state index contributed by atoms with van der Waals surface area (Å²) >= 11 is 3.40. The van der Waals surface area contributed by atoms with Crippen molar-refractivity contribution in [2.75, 3.05) is 0 Å². The molecule has 1 aliphatic rings. The SMILES string of the molecule is NC(Cc1cccc(Br)c1)C(=O)C1CC1. The van der Waals surface area contributed by atoms with Crippen molar-refractivity contribution in [1.29, 1.82) is 0 Å². The number of ketones is 1. The summed E-state index contributed by atoms with van der Waals surface area (Å²) in [6.07, 6.45) is 2.71. The van der Waals surface area contributed by atoms with E-state index in [9.17, 15) is 4.79 Å². The molecular formula is C12H14BrNO. The second-order valence-electron chi connectivity index (χ2n) is 4.12. The van der Waals surface area contributed by atoms with Crippen LogP contribution in [0.1, 0.15) is 18.4 Å². The van der Waals surface area contributed by atoms with Crippen molar-refractivity contribution in [2.45, 2.75) is 25.3 Å². The van der Waals surface area contributed by atoms with Crippen LogP contribution in [0.3, 0.4) is 0 Å². The van der Waals surface area contributed by atoms with Gasteiger partial charge in [0, 0.05) is 10.4 Å².